The summed E-state index contributed by atoms with van der Waals surface area (Å²) < 4.78 is 18.4. The Labute approximate surface area is 161 Å². The van der Waals surface area contributed by atoms with Gasteiger partial charge in [0.15, 0.2) is 0 Å². The molecule has 28 heavy (non-hydrogen) atoms. The van der Waals surface area contributed by atoms with E-state index in [9.17, 15) is 14.0 Å². The van der Waals surface area contributed by atoms with Crippen LogP contribution in [0, 0.1) is 18.7 Å². The molecule has 0 bridgehead atoms. The highest BCUT2D eigenvalue weighted by atomic mass is 19.1. The maximum Gasteiger partial charge on any atom is 0.259 e. The van der Waals surface area contributed by atoms with Crippen LogP contribution in [0.5, 0.6) is 0 Å². The summed E-state index contributed by atoms with van der Waals surface area (Å²) in [6, 6.07) is 7.43. The molecule has 3 aromatic rings. The normalized spacial score (nSPS) is 11.0. The van der Waals surface area contributed by atoms with Crippen LogP contribution in [-0.2, 0) is 4.79 Å². The first-order chi connectivity index (χ1) is 13.4. The molecule has 0 atom stereocenters. The van der Waals surface area contributed by atoms with E-state index in [2.05, 4.69) is 20.8 Å². The maximum atomic E-state index is 13.2. The number of fused-ring (bicyclic) bond motifs is 1. The van der Waals surface area contributed by atoms with Crippen molar-refractivity contribution in [3.8, 4) is 11.3 Å². The molecular formula is C20H21FN4O3. The minimum atomic E-state index is -0.359. The molecule has 0 radical (unpaired) electrons. The molecule has 0 saturated heterocycles. The Morgan fingerprint density at radius 1 is 1.14 bits per heavy atom. The highest BCUT2D eigenvalue weighted by Gasteiger charge is 2.19. The second-order valence-corrected chi connectivity index (χ2v) is 6.71. The average molecular weight is 384 g/mol. The number of amides is 2. The van der Waals surface area contributed by atoms with Gasteiger partial charge >= 0.3 is 0 Å². The van der Waals surface area contributed by atoms with Gasteiger partial charge in [-0.15, -0.1) is 0 Å². The number of hydrogen-bond acceptors (Lipinski definition) is 5. The van der Waals surface area contributed by atoms with E-state index >= 15 is 0 Å². The van der Waals surface area contributed by atoms with E-state index in [1.807, 2.05) is 0 Å². The zero-order chi connectivity index (χ0) is 20.3. The molecule has 0 saturated carbocycles. The van der Waals surface area contributed by atoms with Crippen molar-refractivity contribution in [1.29, 1.82) is 0 Å². The Morgan fingerprint density at radius 2 is 1.82 bits per heavy atom. The van der Waals surface area contributed by atoms with Gasteiger partial charge < -0.3 is 15.2 Å². The number of rotatable bonds is 6. The molecule has 0 spiro atoms. The molecule has 2 amide bonds. The van der Waals surface area contributed by atoms with Crippen molar-refractivity contribution in [2.24, 2.45) is 5.92 Å². The molecule has 146 valence electrons. The van der Waals surface area contributed by atoms with Crippen LogP contribution in [0.15, 0.2) is 34.9 Å². The summed E-state index contributed by atoms with van der Waals surface area (Å²) in [6.45, 7) is 5.92. The number of carbonyl (C=O) groups excluding carboxylic acids is 2. The van der Waals surface area contributed by atoms with Crippen molar-refractivity contribution in [2.45, 2.75) is 20.8 Å². The molecule has 3 rings (SSSR count). The first kappa shape index (κ1) is 19.5. The second-order valence-electron chi connectivity index (χ2n) is 6.71. The second kappa shape index (κ2) is 8.16. The predicted molar refractivity (Wildman–Crippen MR) is 102 cm³/mol. The largest absolute Gasteiger partial charge is 0.354 e. The van der Waals surface area contributed by atoms with Crippen molar-refractivity contribution < 1.29 is 18.5 Å². The summed E-state index contributed by atoms with van der Waals surface area (Å²) in [6.07, 6.45) is 0. The number of halogens is 1. The smallest absolute Gasteiger partial charge is 0.259 e. The molecule has 0 aliphatic carbocycles. The lowest BCUT2D eigenvalue weighted by Crippen LogP contribution is -2.36. The van der Waals surface area contributed by atoms with Crippen LogP contribution in [0.1, 0.15) is 29.9 Å². The van der Waals surface area contributed by atoms with Crippen LogP contribution in [-0.4, -0.2) is 35.0 Å². The highest BCUT2D eigenvalue weighted by molar-refractivity contribution is 6.07. The van der Waals surface area contributed by atoms with Crippen LogP contribution in [0.4, 0.5) is 4.39 Å². The van der Waals surface area contributed by atoms with E-state index < -0.39 is 0 Å². The third-order valence-corrected chi connectivity index (χ3v) is 4.24. The zero-order valence-electron chi connectivity index (χ0n) is 15.9. The van der Waals surface area contributed by atoms with Gasteiger partial charge in [-0.3, -0.25) is 9.59 Å². The van der Waals surface area contributed by atoms with Crippen molar-refractivity contribution in [3.05, 3.63) is 47.4 Å². The number of aryl methyl sites for hydroxylation is 1. The van der Waals surface area contributed by atoms with Gasteiger partial charge in [0.1, 0.15) is 5.82 Å². The van der Waals surface area contributed by atoms with E-state index in [1.165, 1.54) is 12.1 Å². The highest BCUT2D eigenvalue weighted by Crippen LogP contribution is 2.27. The molecule has 2 heterocycles. The number of carbonyl (C=O) groups is 2. The van der Waals surface area contributed by atoms with Crippen molar-refractivity contribution in [3.63, 3.8) is 0 Å². The first-order valence-corrected chi connectivity index (χ1v) is 8.95. The van der Waals surface area contributed by atoms with E-state index in [4.69, 9.17) is 4.52 Å². The molecule has 0 aliphatic rings. The predicted octanol–water partition coefficient (Wildman–Crippen LogP) is 2.84. The van der Waals surface area contributed by atoms with Crippen LogP contribution in [0.2, 0.25) is 0 Å². The van der Waals surface area contributed by atoms with Gasteiger partial charge in [0.25, 0.3) is 11.6 Å². The molecule has 0 aliphatic heterocycles. The molecule has 2 N–H and O–H groups in total. The number of nitrogens with zero attached hydrogens (tertiary/aromatic N) is 2. The minimum Gasteiger partial charge on any atom is -0.354 e. The Kier molecular flexibility index (Phi) is 5.67. The Morgan fingerprint density at radius 3 is 2.50 bits per heavy atom. The quantitative estimate of drug-likeness (QED) is 0.637. The average Bonchev–Trinajstić information content (AvgIpc) is 3.05. The third kappa shape index (κ3) is 4.16. The van der Waals surface area contributed by atoms with Gasteiger partial charge in [-0.25, -0.2) is 9.37 Å². The third-order valence-electron chi connectivity index (χ3n) is 4.24. The summed E-state index contributed by atoms with van der Waals surface area (Å²) in [5.41, 5.74) is 2.26. The standard InChI is InChI=1S/C20H21FN4O3/c1-11(2)18(26)22-8-9-23-19(27)15-10-16(13-4-6-14(21)7-5-13)24-20-17(15)12(3)25-28-20/h4-7,10-11H,8-9H2,1-3H3,(H,22,26)(H,23,27). The minimum absolute atomic E-state index is 0.0750. The topological polar surface area (TPSA) is 97.1 Å². The fourth-order valence-electron chi connectivity index (χ4n) is 2.70. The number of pyridine rings is 1. The summed E-state index contributed by atoms with van der Waals surface area (Å²) in [5, 5.41) is 9.94. The van der Waals surface area contributed by atoms with Crippen LogP contribution in [0.25, 0.3) is 22.4 Å². The Hall–Kier alpha value is -3.29. The Balaban J connectivity index is 1.84. The fraction of sp³-hybridized carbons (Fsp3) is 0.300. The molecule has 8 heteroatoms. The van der Waals surface area contributed by atoms with Crippen LogP contribution < -0.4 is 10.6 Å². The summed E-state index contributed by atoms with van der Waals surface area (Å²) in [4.78, 5) is 28.7. The molecular weight excluding hydrogens is 363 g/mol. The molecule has 0 unspecified atom stereocenters. The molecule has 7 nitrogen and oxygen atoms in total. The van der Waals surface area contributed by atoms with Crippen molar-refractivity contribution >= 4 is 22.9 Å². The fourth-order valence-corrected chi connectivity index (χ4v) is 2.70. The number of benzene rings is 1. The molecule has 1 aromatic carbocycles. The van der Waals surface area contributed by atoms with Crippen molar-refractivity contribution in [1.82, 2.24) is 20.8 Å². The zero-order valence-corrected chi connectivity index (χ0v) is 15.9. The Bertz CT molecular complexity index is 1010. The maximum absolute atomic E-state index is 13.2. The van der Waals surface area contributed by atoms with Gasteiger partial charge in [-0.1, -0.05) is 19.0 Å². The van der Waals surface area contributed by atoms with Gasteiger partial charge in [0.05, 0.1) is 22.3 Å². The van der Waals surface area contributed by atoms with Gasteiger partial charge in [0, 0.05) is 24.6 Å². The monoisotopic (exact) mass is 384 g/mol. The first-order valence-electron chi connectivity index (χ1n) is 8.95. The summed E-state index contributed by atoms with van der Waals surface area (Å²) >= 11 is 0. The SMILES string of the molecule is Cc1noc2nc(-c3ccc(F)cc3)cc(C(=O)NCCNC(=O)C(C)C)c12. The van der Waals surface area contributed by atoms with Crippen LogP contribution >= 0.6 is 0 Å². The summed E-state index contributed by atoms with van der Waals surface area (Å²) in [5.74, 6) is -0.884. The van der Waals surface area contributed by atoms with E-state index in [0.29, 0.717) is 34.4 Å². The number of hydrogen-bond donors (Lipinski definition) is 2. The van der Waals surface area contributed by atoms with E-state index in [1.54, 1.807) is 39.0 Å². The van der Waals surface area contributed by atoms with Crippen molar-refractivity contribution in [2.75, 3.05) is 13.1 Å². The van der Waals surface area contributed by atoms with Gasteiger partial charge in [-0.2, -0.15) is 0 Å². The number of aromatic nitrogens is 2. The lowest BCUT2D eigenvalue weighted by molar-refractivity contribution is -0.123. The molecule has 2 aromatic heterocycles. The van der Waals surface area contributed by atoms with Gasteiger partial charge in [-0.05, 0) is 37.3 Å². The lowest BCUT2D eigenvalue weighted by atomic mass is 10.1. The van der Waals surface area contributed by atoms with Gasteiger partial charge in [0.2, 0.25) is 5.91 Å². The van der Waals surface area contributed by atoms with E-state index in [-0.39, 0.29) is 35.8 Å². The van der Waals surface area contributed by atoms with Crippen LogP contribution in [0.3, 0.4) is 0 Å². The lowest BCUT2D eigenvalue weighted by Gasteiger charge is -2.10. The molecule has 0 fully saturated rings. The summed E-state index contributed by atoms with van der Waals surface area (Å²) in [7, 11) is 0. The van der Waals surface area contributed by atoms with E-state index in [0.717, 1.165) is 0 Å². The number of nitrogens with one attached hydrogen (secondary N) is 2.